The molecule has 0 spiro atoms. The van der Waals surface area contributed by atoms with Gasteiger partial charge in [-0.15, -0.1) is 0 Å². The Morgan fingerprint density at radius 3 is 2.56 bits per heavy atom. The highest BCUT2D eigenvalue weighted by molar-refractivity contribution is 6.48. The number of carbonyl (C=O) groups excluding carboxylic acids is 3. The van der Waals surface area contributed by atoms with E-state index in [1.807, 2.05) is 56.0 Å². The zero-order chi connectivity index (χ0) is 25.2. The van der Waals surface area contributed by atoms with Crippen LogP contribution < -0.4 is 15.0 Å². The van der Waals surface area contributed by atoms with Crippen LogP contribution >= 0.6 is 0 Å². The van der Waals surface area contributed by atoms with Gasteiger partial charge in [0.05, 0.1) is 29.2 Å². The fourth-order valence-electron chi connectivity index (χ4n) is 5.26. The third-order valence-corrected chi connectivity index (χ3v) is 6.64. The Morgan fingerprint density at radius 1 is 1.06 bits per heavy atom. The van der Waals surface area contributed by atoms with Crippen molar-refractivity contribution in [3.8, 4) is 5.75 Å². The number of para-hydroxylation sites is 2. The number of benzene rings is 2. The van der Waals surface area contributed by atoms with Gasteiger partial charge in [0.2, 0.25) is 0 Å². The summed E-state index contributed by atoms with van der Waals surface area (Å²) in [5.41, 5.74) is 4.19. The predicted molar refractivity (Wildman–Crippen MR) is 134 cm³/mol. The van der Waals surface area contributed by atoms with Crippen LogP contribution in [-0.4, -0.2) is 41.7 Å². The molecular weight excluding hydrogens is 458 g/mol. The zero-order valence-electron chi connectivity index (χ0n) is 20.3. The number of imide groups is 1. The number of anilines is 1. The molecule has 2 amide bonds. The molecule has 0 aromatic heterocycles. The fourth-order valence-corrected chi connectivity index (χ4v) is 5.26. The van der Waals surface area contributed by atoms with Crippen molar-refractivity contribution in [3.05, 3.63) is 76.6 Å². The van der Waals surface area contributed by atoms with E-state index in [0.29, 0.717) is 35.6 Å². The molecule has 2 aromatic carbocycles. The molecule has 1 atom stereocenters. The normalized spacial score (nSPS) is 20.0. The summed E-state index contributed by atoms with van der Waals surface area (Å²) in [5.74, 6) is -0.690. The van der Waals surface area contributed by atoms with Crippen molar-refractivity contribution in [1.29, 1.82) is 0 Å². The maximum atomic E-state index is 13.2. The Morgan fingerprint density at radius 2 is 1.78 bits per heavy atom. The van der Waals surface area contributed by atoms with Gasteiger partial charge in [0.15, 0.2) is 0 Å². The van der Waals surface area contributed by atoms with E-state index in [1.165, 1.54) is 0 Å². The summed E-state index contributed by atoms with van der Waals surface area (Å²) in [7, 11) is 0. The van der Waals surface area contributed by atoms with Crippen LogP contribution in [0.3, 0.4) is 0 Å². The number of fused-ring (bicyclic) bond motifs is 1. The summed E-state index contributed by atoms with van der Waals surface area (Å²) in [6.07, 6.45) is 4.51. The van der Waals surface area contributed by atoms with Crippen LogP contribution in [0, 0.1) is 0 Å². The Hall–Kier alpha value is -4.20. The van der Waals surface area contributed by atoms with Crippen LogP contribution in [0.5, 0.6) is 5.75 Å². The van der Waals surface area contributed by atoms with E-state index in [1.54, 1.807) is 18.5 Å². The number of aliphatic imine (C=N–C) groups is 1. The van der Waals surface area contributed by atoms with E-state index in [9.17, 15) is 14.4 Å². The van der Waals surface area contributed by atoms with Gasteiger partial charge in [-0.25, -0.2) is 4.79 Å². The summed E-state index contributed by atoms with van der Waals surface area (Å²) in [5, 5.41) is 2.45. The Balaban J connectivity index is 1.49. The Kier molecular flexibility index (Phi) is 4.90. The number of hydrogen-bond acceptors (Lipinski definition) is 7. The van der Waals surface area contributed by atoms with Gasteiger partial charge in [0.1, 0.15) is 17.4 Å². The van der Waals surface area contributed by atoms with Crippen molar-refractivity contribution in [2.24, 2.45) is 4.99 Å². The molecule has 6 rings (SSSR count). The first-order valence-electron chi connectivity index (χ1n) is 12.0. The first-order chi connectivity index (χ1) is 17.2. The van der Waals surface area contributed by atoms with Crippen molar-refractivity contribution in [1.82, 2.24) is 5.32 Å². The van der Waals surface area contributed by atoms with Gasteiger partial charge >= 0.3 is 5.97 Å². The number of ether oxygens (including phenoxy) is 2. The second-order valence-corrected chi connectivity index (χ2v) is 10.2. The molecule has 0 aliphatic carbocycles. The third-order valence-electron chi connectivity index (χ3n) is 6.64. The quantitative estimate of drug-likeness (QED) is 0.532. The molecule has 4 aliphatic rings. The Labute approximate surface area is 208 Å². The molecule has 1 N–H and O–H groups in total. The number of nitrogens with zero attached hydrogens (tertiary/aromatic N) is 2. The fraction of sp³-hybridized carbons (Fsp3) is 0.286. The maximum Gasteiger partial charge on any atom is 0.329 e. The average molecular weight is 484 g/mol. The van der Waals surface area contributed by atoms with Gasteiger partial charge in [-0.05, 0) is 31.9 Å². The largest absolute Gasteiger partial charge is 0.492 e. The van der Waals surface area contributed by atoms with Crippen molar-refractivity contribution < 1.29 is 23.9 Å². The standard InChI is InChI=1S/C28H25N3O5/c1-28(2,3)36-27(34)19-14-16-7-5-9-18-22(29-11-12-31(19)23(16)18)21-20(25(32)30-26(21)33)17-8-4-6-15-10-13-35-24(15)17/h4-9,11-12,19H,10,13-14H2,1-3H3,(H,30,32,33). The number of hydrogen-bond donors (Lipinski definition) is 1. The first-order valence-corrected chi connectivity index (χ1v) is 12.0. The van der Waals surface area contributed by atoms with E-state index in [0.717, 1.165) is 23.2 Å². The smallest absolute Gasteiger partial charge is 0.329 e. The predicted octanol–water partition coefficient (Wildman–Crippen LogP) is 3.08. The van der Waals surface area contributed by atoms with Gasteiger partial charge in [0.25, 0.3) is 11.8 Å². The monoisotopic (exact) mass is 483 g/mol. The van der Waals surface area contributed by atoms with Gasteiger partial charge in [-0.2, -0.15) is 0 Å². The summed E-state index contributed by atoms with van der Waals surface area (Å²) < 4.78 is 11.5. The Bertz CT molecular complexity index is 1440. The minimum absolute atomic E-state index is 0.199. The van der Waals surface area contributed by atoms with Gasteiger partial charge < -0.3 is 14.4 Å². The van der Waals surface area contributed by atoms with Crippen LogP contribution in [0.15, 0.2) is 59.4 Å². The van der Waals surface area contributed by atoms with Gasteiger partial charge in [-0.3, -0.25) is 19.9 Å². The molecule has 0 bridgehead atoms. The molecule has 2 aromatic rings. The minimum Gasteiger partial charge on any atom is -0.492 e. The van der Waals surface area contributed by atoms with Crippen LogP contribution in [-0.2, 0) is 32.0 Å². The summed E-state index contributed by atoms with van der Waals surface area (Å²) in [6, 6.07) is 10.8. The highest BCUT2D eigenvalue weighted by atomic mass is 16.6. The number of esters is 1. The highest BCUT2D eigenvalue weighted by Gasteiger charge is 2.42. The number of carbonyl (C=O) groups is 3. The third kappa shape index (κ3) is 3.44. The van der Waals surface area contributed by atoms with Crippen molar-refractivity contribution >= 4 is 34.8 Å². The molecule has 182 valence electrons. The lowest BCUT2D eigenvalue weighted by molar-refractivity contribution is -0.156. The minimum atomic E-state index is -0.619. The van der Waals surface area contributed by atoms with Gasteiger partial charge in [-0.1, -0.05) is 36.4 Å². The molecule has 0 fully saturated rings. The summed E-state index contributed by atoms with van der Waals surface area (Å²) in [4.78, 5) is 45.8. The molecule has 0 saturated heterocycles. The second-order valence-electron chi connectivity index (χ2n) is 10.2. The second kappa shape index (κ2) is 7.91. The first kappa shape index (κ1) is 22.3. The van der Waals surface area contributed by atoms with Crippen LogP contribution in [0.2, 0.25) is 0 Å². The van der Waals surface area contributed by atoms with E-state index in [-0.39, 0.29) is 17.1 Å². The van der Waals surface area contributed by atoms with E-state index in [4.69, 9.17) is 9.47 Å². The SMILES string of the molecule is CC(C)(C)OC(=O)C1Cc2cccc3c2N1C=CN=C3C1=C(c2cccc3c2OCC3)C(=O)NC1=O. The molecule has 4 heterocycles. The molecule has 4 aliphatic heterocycles. The van der Waals surface area contributed by atoms with Crippen LogP contribution in [0.25, 0.3) is 5.57 Å². The summed E-state index contributed by atoms with van der Waals surface area (Å²) >= 11 is 0. The average Bonchev–Trinajstić information content (AvgIpc) is 3.47. The lowest BCUT2D eigenvalue weighted by Crippen LogP contribution is -2.40. The van der Waals surface area contributed by atoms with Gasteiger partial charge in [0, 0.05) is 36.4 Å². The number of amides is 2. The van der Waals surface area contributed by atoms with E-state index >= 15 is 0 Å². The van der Waals surface area contributed by atoms with Crippen molar-refractivity contribution in [3.63, 3.8) is 0 Å². The molecule has 8 heteroatoms. The lowest BCUT2D eigenvalue weighted by atomic mass is 9.91. The van der Waals surface area contributed by atoms with Crippen molar-refractivity contribution in [2.75, 3.05) is 11.5 Å². The number of rotatable bonds is 3. The molecule has 8 nitrogen and oxygen atoms in total. The summed E-state index contributed by atoms with van der Waals surface area (Å²) in [6.45, 7) is 6.05. The van der Waals surface area contributed by atoms with Crippen LogP contribution in [0.1, 0.15) is 43.0 Å². The van der Waals surface area contributed by atoms with Crippen molar-refractivity contribution in [2.45, 2.75) is 45.3 Å². The highest BCUT2D eigenvalue weighted by Crippen LogP contribution is 2.42. The zero-order valence-corrected chi connectivity index (χ0v) is 20.3. The molecule has 1 unspecified atom stereocenters. The lowest BCUT2D eigenvalue weighted by Gasteiger charge is -2.27. The molecule has 0 radical (unpaired) electrons. The molecule has 36 heavy (non-hydrogen) atoms. The van der Waals surface area contributed by atoms with E-state index < -0.39 is 23.5 Å². The van der Waals surface area contributed by atoms with E-state index in [2.05, 4.69) is 10.3 Å². The number of nitrogens with one attached hydrogen (secondary N) is 1. The molecule has 0 saturated carbocycles. The van der Waals surface area contributed by atoms with Crippen LogP contribution in [0.4, 0.5) is 5.69 Å². The maximum absolute atomic E-state index is 13.2. The molecular formula is C28H25N3O5. The topological polar surface area (TPSA) is 97.3 Å².